The topological polar surface area (TPSA) is 44.1 Å². The monoisotopic (exact) mass is 276 g/mol. The molecule has 0 radical (unpaired) electrons. The summed E-state index contributed by atoms with van der Waals surface area (Å²) in [6.07, 6.45) is -8.49. The molecule has 102 valence electrons. The number of hydrogen-bond acceptors (Lipinski definition) is 3. The number of carbonyl (C=O) groups excluding carboxylic acids is 1. The lowest BCUT2D eigenvalue weighted by Gasteiger charge is -2.22. The van der Waals surface area contributed by atoms with Gasteiger partial charge < -0.3 is 4.74 Å². The van der Waals surface area contributed by atoms with E-state index in [9.17, 15) is 31.1 Å². The van der Waals surface area contributed by atoms with E-state index in [4.69, 9.17) is 0 Å². The van der Waals surface area contributed by atoms with Crippen molar-refractivity contribution in [3.63, 3.8) is 0 Å². The highest BCUT2D eigenvalue weighted by Crippen LogP contribution is 2.35. The first kappa shape index (κ1) is 14.3. The minimum atomic E-state index is -5.73. The van der Waals surface area contributed by atoms with Crippen LogP contribution in [0.4, 0.5) is 31.1 Å². The maximum absolute atomic E-state index is 12.7. The van der Waals surface area contributed by atoms with Gasteiger partial charge in [-0.3, -0.25) is 0 Å². The van der Waals surface area contributed by atoms with Crippen molar-refractivity contribution in [2.24, 2.45) is 0 Å². The Bertz CT molecular complexity index is 402. The Morgan fingerprint density at radius 3 is 2.39 bits per heavy atom. The van der Waals surface area contributed by atoms with E-state index < -0.39 is 31.0 Å². The summed E-state index contributed by atoms with van der Waals surface area (Å²) in [5.41, 5.74) is 0. The number of carbonyl (C=O) groups is 1. The minimum Gasteiger partial charge on any atom is -0.442 e. The molecule has 1 unspecified atom stereocenters. The summed E-state index contributed by atoms with van der Waals surface area (Å²) < 4.78 is 77.5. The average molecular weight is 276 g/mol. The second kappa shape index (κ2) is 4.86. The van der Waals surface area contributed by atoms with Crippen LogP contribution in [0.3, 0.4) is 0 Å². The first-order valence-electron chi connectivity index (χ1n) is 4.38. The van der Waals surface area contributed by atoms with E-state index >= 15 is 0 Å². The van der Waals surface area contributed by atoms with Crippen LogP contribution in [0.25, 0.3) is 0 Å². The molecule has 0 amide bonds. The minimum absolute atomic E-state index is 0.608. The fourth-order valence-corrected chi connectivity index (χ4v) is 0.912. The van der Waals surface area contributed by atoms with Crippen LogP contribution in [0.15, 0.2) is 18.7 Å². The molecule has 10 heteroatoms. The van der Waals surface area contributed by atoms with Gasteiger partial charge in [0, 0.05) is 12.4 Å². The van der Waals surface area contributed by atoms with Gasteiger partial charge in [0.1, 0.15) is 6.33 Å². The van der Waals surface area contributed by atoms with Crippen LogP contribution in [-0.4, -0.2) is 40.5 Å². The summed E-state index contributed by atoms with van der Waals surface area (Å²) in [7, 11) is 0. The lowest BCUT2D eigenvalue weighted by Crippen LogP contribution is -2.45. The highest BCUT2D eigenvalue weighted by Gasteiger charge is 2.57. The van der Waals surface area contributed by atoms with E-state index in [2.05, 4.69) is 9.72 Å². The summed E-state index contributed by atoms with van der Waals surface area (Å²) in [5.74, 6) is -4.85. The third kappa shape index (κ3) is 3.37. The number of ether oxygens (including phenoxy) is 1. The highest BCUT2D eigenvalue weighted by molar-refractivity contribution is 5.69. The molecular formula is C8H6F6N2O2. The van der Waals surface area contributed by atoms with Crippen molar-refractivity contribution in [1.29, 1.82) is 0 Å². The lowest BCUT2D eigenvalue weighted by atomic mass is 10.2. The normalized spacial score (nSPS) is 14.3. The van der Waals surface area contributed by atoms with E-state index in [-0.39, 0.29) is 0 Å². The Balaban J connectivity index is 2.59. The van der Waals surface area contributed by atoms with Crippen LogP contribution >= 0.6 is 0 Å². The maximum Gasteiger partial charge on any atom is 0.425 e. The molecule has 0 saturated carbocycles. The van der Waals surface area contributed by atoms with Crippen molar-refractivity contribution in [2.45, 2.75) is 18.3 Å². The third-order valence-electron chi connectivity index (χ3n) is 1.76. The Kier molecular flexibility index (Phi) is 3.87. The van der Waals surface area contributed by atoms with Crippen molar-refractivity contribution in [3.05, 3.63) is 18.7 Å². The second-order valence-electron chi connectivity index (χ2n) is 3.19. The van der Waals surface area contributed by atoms with Gasteiger partial charge in [-0.25, -0.2) is 18.7 Å². The van der Waals surface area contributed by atoms with Crippen LogP contribution in [0.1, 0.15) is 0 Å². The van der Waals surface area contributed by atoms with Gasteiger partial charge in [0.2, 0.25) is 0 Å². The molecule has 0 bridgehead atoms. The molecule has 1 aromatic heterocycles. The molecule has 0 N–H and O–H groups in total. The van der Waals surface area contributed by atoms with Crippen LogP contribution in [0, 0.1) is 0 Å². The number of rotatable bonds is 3. The number of nitrogens with zero attached hydrogens (tertiary/aromatic N) is 2. The molecule has 1 atom stereocenters. The summed E-state index contributed by atoms with van der Waals surface area (Å²) in [4.78, 5) is 14.4. The van der Waals surface area contributed by atoms with Gasteiger partial charge in [0.05, 0.1) is 0 Å². The highest BCUT2D eigenvalue weighted by atomic mass is 19.4. The molecule has 1 heterocycles. The van der Waals surface area contributed by atoms with E-state index in [1.54, 1.807) is 0 Å². The second-order valence-corrected chi connectivity index (χ2v) is 3.19. The number of aromatic nitrogens is 2. The van der Waals surface area contributed by atoms with E-state index in [0.717, 1.165) is 18.7 Å². The fourth-order valence-electron chi connectivity index (χ4n) is 0.912. The number of imidazole rings is 1. The molecule has 18 heavy (non-hydrogen) atoms. The SMILES string of the molecule is O=C(OCC(F)(F)C(F)C(F)(F)F)n1ccnc1. The Morgan fingerprint density at radius 2 is 1.94 bits per heavy atom. The van der Waals surface area contributed by atoms with Crippen molar-refractivity contribution in [2.75, 3.05) is 6.61 Å². The quantitative estimate of drug-likeness (QED) is 0.796. The molecule has 0 aliphatic rings. The Hall–Kier alpha value is -1.74. The predicted molar refractivity (Wildman–Crippen MR) is 44.9 cm³/mol. The molecule has 1 rings (SSSR count). The molecule has 1 aromatic rings. The first-order chi connectivity index (χ1) is 8.14. The summed E-state index contributed by atoms with van der Waals surface area (Å²) in [5, 5.41) is 0. The molecule has 0 spiro atoms. The lowest BCUT2D eigenvalue weighted by molar-refractivity contribution is -0.251. The Morgan fingerprint density at radius 1 is 1.33 bits per heavy atom. The Labute approximate surface area is 96.2 Å². The fraction of sp³-hybridized carbons (Fsp3) is 0.500. The maximum atomic E-state index is 12.7. The summed E-state index contributed by atoms with van der Waals surface area (Å²) in [6.45, 7) is -2.02. The predicted octanol–water partition coefficient (Wildman–Crippen LogP) is 2.40. The molecule has 0 fully saturated rings. The molecule has 0 aromatic carbocycles. The summed E-state index contributed by atoms with van der Waals surface area (Å²) >= 11 is 0. The molecule has 0 saturated heterocycles. The van der Waals surface area contributed by atoms with Gasteiger partial charge in [0.15, 0.2) is 6.61 Å². The number of halogens is 6. The van der Waals surface area contributed by atoms with Gasteiger partial charge in [-0.15, -0.1) is 0 Å². The molecule has 0 aliphatic heterocycles. The first-order valence-corrected chi connectivity index (χ1v) is 4.38. The van der Waals surface area contributed by atoms with E-state index in [0.29, 0.717) is 4.57 Å². The van der Waals surface area contributed by atoms with Crippen molar-refractivity contribution in [1.82, 2.24) is 9.55 Å². The summed E-state index contributed by atoms with van der Waals surface area (Å²) in [6, 6.07) is 0. The molecule has 4 nitrogen and oxygen atoms in total. The van der Waals surface area contributed by atoms with Crippen LogP contribution in [0.2, 0.25) is 0 Å². The van der Waals surface area contributed by atoms with Gasteiger partial charge in [-0.2, -0.15) is 22.0 Å². The van der Waals surface area contributed by atoms with E-state index in [1.165, 1.54) is 0 Å². The van der Waals surface area contributed by atoms with Crippen LogP contribution in [0.5, 0.6) is 0 Å². The zero-order valence-corrected chi connectivity index (χ0v) is 8.50. The van der Waals surface area contributed by atoms with Gasteiger partial charge >= 0.3 is 18.2 Å². The van der Waals surface area contributed by atoms with Crippen LogP contribution < -0.4 is 0 Å². The number of hydrogen-bond donors (Lipinski definition) is 0. The van der Waals surface area contributed by atoms with Crippen molar-refractivity contribution in [3.8, 4) is 0 Å². The largest absolute Gasteiger partial charge is 0.442 e. The third-order valence-corrected chi connectivity index (χ3v) is 1.76. The number of alkyl halides is 6. The van der Waals surface area contributed by atoms with E-state index in [1.807, 2.05) is 0 Å². The standard InChI is InChI=1S/C8H6F6N2O2/c9-5(8(12,13)14)7(10,11)3-18-6(17)16-2-1-15-4-16/h1-2,4-5H,3H2. The van der Waals surface area contributed by atoms with Crippen molar-refractivity contribution < 1.29 is 35.9 Å². The smallest absolute Gasteiger partial charge is 0.425 e. The zero-order chi connectivity index (χ0) is 14.0. The average Bonchev–Trinajstić information content (AvgIpc) is 2.77. The zero-order valence-electron chi connectivity index (χ0n) is 8.50. The molecule has 0 aliphatic carbocycles. The van der Waals surface area contributed by atoms with Gasteiger partial charge in [0.25, 0.3) is 6.17 Å². The van der Waals surface area contributed by atoms with Gasteiger partial charge in [-0.1, -0.05) is 0 Å². The van der Waals surface area contributed by atoms with Gasteiger partial charge in [-0.05, 0) is 0 Å². The van der Waals surface area contributed by atoms with Crippen molar-refractivity contribution >= 4 is 6.09 Å². The molecular weight excluding hydrogens is 270 g/mol. The van der Waals surface area contributed by atoms with Crippen LogP contribution in [-0.2, 0) is 4.74 Å².